The number of hydrogen-bond acceptors (Lipinski definition) is 8. The van der Waals surface area contributed by atoms with Gasteiger partial charge in [-0.1, -0.05) is 0 Å². The second-order valence-electron chi connectivity index (χ2n) is 5.99. The molecule has 0 radical (unpaired) electrons. The van der Waals surface area contributed by atoms with E-state index in [4.69, 9.17) is 0 Å². The molecule has 0 spiro atoms. The van der Waals surface area contributed by atoms with Gasteiger partial charge in [-0.2, -0.15) is 4.37 Å². The van der Waals surface area contributed by atoms with Crippen LogP contribution in [0.2, 0.25) is 0 Å². The van der Waals surface area contributed by atoms with E-state index in [9.17, 15) is 4.39 Å². The molecule has 4 N–H and O–H groups in total. The summed E-state index contributed by atoms with van der Waals surface area (Å²) in [6.45, 7) is 4.03. The molecule has 1 fully saturated rings. The van der Waals surface area contributed by atoms with Gasteiger partial charge in [0.05, 0.1) is 10.6 Å². The largest absolute Gasteiger partial charge is 0.384 e. The summed E-state index contributed by atoms with van der Waals surface area (Å²) in [6.07, 6.45) is 4.81. The fourth-order valence-corrected chi connectivity index (χ4v) is 4.45. The van der Waals surface area contributed by atoms with Gasteiger partial charge in [-0.3, -0.25) is 0 Å². The lowest BCUT2D eigenvalue weighted by Gasteiger charge is -2.13. The Balaban J connectivity index is 1.39. The molecule has 142 valence electrons. The van der Waals surface area contributed by atoms with Crippen molar-refractivity contribution in [2.24, 2.45) is 0 Å². The number of benzene rings is 1. The van der Waals surface area contributed by atoms with Crippen LogP contribution in [0.3, 0.4) is 0 Å². The summed E-state index contributed by atoms with van der Waals surface area (Å²) in [5.74, 6) is -0.270. The molecule has 3 rings (SSSR count). The van der Waals surface area contributed by atoms with E-state index in [2.05, 4.69) is 46.0 Å². The molecule has 0 saturated carbocycles. The van der Waals surface area contributed by atoms with Crippen molar-refractivity contribution in [2.75, 3.05) is 36.2 Å². The maximum atomic E-state index is 14.3. The number of unbranched alkanes of at least 4 members (excludes halogenated alkanes) is 1. The Labute approximate surface area is 169 Å². The molecule has 2 heterocycles. The highest BCUT2D eigenvalue weighted by Gasteiger charge is 2.12. The molecule has 0 aliphatic carbocycles. The molecule has 6 nitrogen and oxygen atoms in total. The molecule has 2 aromatic rings. The van der Waals surface area contributed by atoms with Crippen LogP contribution < -0.4 is 20.7 Å². The second kappa shape index (κ2) is 10.4. The van der Waals surface area contributed by atoms with Crippen LogP contribution in [-0.4, -0.2) is 41.6 Å². The van der Waals surface area contributed by atoms with E-state index in [1.165, 1.54) is 42.3 Å². The first-order valence-electron chi connectivity index (χ1n) is 8.59. The highest BCUT2D eigenvalue weighted by molar-refractivity contribution is 9.10. The molecule has 10 heteroatoms. The van der Waals surface area contributed by atoms with Gasteiger partial charge in [-0.05, 0) is 72.4 Å². The first-order chi connectivity index (χ1) is 12.7. The Morgan fingerprint density at radius 3 is 3.00 bits per heavy atom. The van der Waals surface area contributed by atoms with Crippen LogP contribution in [0.4, 0.5) is 15.2 Å². The van der Waals surface area contributed by atoms with Crippen LogP contribution >= 0.6 is 39.4 Å². The van der Waals surface area contributed by atoms with Gasteiger partial charge in [0.2, 0.25) is 5.13 Å². The summed E-state index contributed by atoms with van der Waals surface area (Å²) < 4.78 is 22.0. The van der Waals surface area contributed by atoms with Gasteiger partial charge in [0.1, 0.15) is 12.1 Å². The minimum atomic E-state index is -0.270. The van der Waals surface area contributed by atoms with Gasteiger partial charge in [0.25, 0.3) is 0 Å². The minimum Gasteiger partial charge on any atom is -0.384 e. The monoisotopic (exact) mass is 460 g/mol. The summed E-state index contributed by atoms with van der Waals surface area (Å²) in [5, 5.41) is 10.9. The van der Waals surface area contributed by atoms with Crippen molar-refractivity contribution in [3.05, 3.63) is 28.7 Å². The first kappa shape index (κ1) is 19.8. The van der Waals surface area contributed by atoms with Crippen molar-refractivity contribution in [3.63, 3.8) is 0 Å². The highest BCUT2D eigenvalue weighted by Crippen LogP contribution is 2.32. The van der Waals surface area contributed by atoms with Crippen molar-refractivity contribution in [3.8, 4) is 0 Å². The van der Waals surface area contributed by atoms with Crippen LogP contribution in [0, 0.1) is 5.82 Å². The van der Waals surface area contributed by atoms with Crippen molar-refractivity contribution in [1.29, 1.82) is 0 Å². The molecule has 0 bridgehead atoms. The standard InChI is InChI=1S/C16H22BrFN6S2/c17-12-7-15(25-24-16-22-10-23-26-16)13(18)8-14(12)21-5-2-1-4-20-11-3-6-19-9-11/h7-8,10-11,19-21H,1-6,9H2,(H,22,23,24)/t11-/m1/s1. The van der Waals surface area contributed by atoms with E-state index in [-0.39, 0.29) is 5.82 Å². The summed E-state index contributed by atoms with van der Waals surface area (Å²) >= 11 is 5.93. The highest BCUT2D eigenvalue weighted by atomic mass is 79.9. The van der Waals surface area contributed by atoms with E-state index in [0.29, 0.717) is 16.1 Å². The van der Waals surface area contributed by atoms with Crippen molar-refractivity contribution < 1.29 is 4.39 Å². The number of nitrogens with one attached hydrogen (secondary N) is 4. The van der Waals surface area contributed by atoms with E-state index in [1.807, 2.05) is 0 Å². The predicted molar refractivity (Wildman–Crippen MR) is 110 cm³/mol. The average Bonchev–Trinajstić information content (AvgIpc) is 3.33. The minimum absolute atomic E-state index is 0.270. The van der Waals surface area contributed by atoms with Gasteiger partial charge in [0, 0.05) is 35.1 Å². The van der Waals surface area contributed by atoms with Crippen molar-refractivity contribution in [2.45, 2.75) is 30.2 Å². The van der Waals surface area contributed by atoms with E-state index in [1.54, 1.807) is 6.07 Å². The van der Waals surface area contributed by atoms with Gasteiger partial charge in [-0.25, -0.2) is 9.37 Å². The molecular weight excluding hydrogens is 439 g/mol. The molecule has 1 aromatic carbocycles. The summed E-state index contributed by atoms with van der Waals surface area (Å²) in [7, 11) is 0. The van der Waals surface area contributed by atoms with Gasteiger partial charge in [-0.15, -0.1) is 0 Å². The van der Waals surface area contributed by atoms with Gasteiger partial charge < -0.3 is 20.7 Å². The molecule has 26 heavy (non-hydrogen) atoms. The van der Waals surface area contributed by atoms with E-state index < -0.39 is 0 Å². The first-order valence-corrected chi connectivity index (χ1v) is 11.0. The molecule has 1 aliphatic rings. The van der Waals surface area contributed by atoms with Crippen LogP contribution in [0.15, 0.2) is 27.8 Å². The quantitative estimate of drug-likeness (QED) is 0.318. The van der Waals surface area contributed by atoms with Crippen LogP contribution in [0.25, 0.3) is 0 Å². The smallest absolute Gasteiger partial charge is 0.212 e. The number of nitrogens with zero attached hydrogens (tertiary/aromatic N) is 2. The third kappa shape index (κ3) is 6.05. The Bertz CT molecular complexity index is 682. The van der Waals surface area contributed by atoms with Gasteiger partial charge in [0.15, 0.2) is 0 Å². The van der Waals surface area contributed by atoms with Gasteiger partial charge >= 0.3 is 0 Å². The van der Waals surface area contributed by atoms with E-state index >= 15 is 0 Å². The lowest BCUT2D eigenvalue weighted by atomic mass is 10.2. The lowest BCUT2D eigenvalue weighted by molar-refractivity contribution is 0.530. The van der Waals surface area contributed by atoms with Crippen LogP contribution in [-0.2, 0) is 0 Å². The number of anilines is 2. The Morgan fingerprint density at radius 2 is 2.23 bits per heavy atom. The van der Waals surface area contributed by atoms with Crippen molar-refractivity contribution in [1.82, 2.24) is 20.0 Å². The van der Waals surface area contributed by atoms with Crippen LogP contribution in [0.1, 0.15) is 19.3 Å². The zero-order chi connectivity index (χ0) is 18.2. The number of halogens is 2. The normalized spacial score (nSPS) is 16.8. The SMILES string of the molecule is Fc1cc(NCCCCN[C@@H]2CCNC2)c(Br)cc1SNc1ncns1. The molecule has 1 saturated heterocycles. The summed E-state index contributed by atoms with van der Waals surface area (Å²) in [5.41, 5.74) is 0.774. The Hall–Kier alpha value is -0.940. The molecule has 1 aromatic heterocycles. The maximum absolute atomic E-state index is 14.3. The number of rotatable bonds is 10. The summed E-state index contributed by atoms with van der Waals surface area (Å²) in [6, 6.07) is 3.91. The molecular formula is C16H22BrFN6S2. The zero-order valence-electron chi connectivity index (χ0n) is 14.2. The third-order valence-corrected chi connectivity index (χ3v) is 6.24. The molecule has 0 unspecified atom stereocenters. The molecule has 1 aliphatic heterocycles. The summed E-state index contributed by atoms with van der Waals surface area (Å²) in [4.78, 5) is 4.52. The average molecular weight is 461 g/mol. The molecule has 1 atom stereocenters. The maximum Gasteiger partial charge on any atom is 0.212 e. The fourth-order valence-electron chi connectivity index (χ4n) is 2.67. The number of aromatic nitrogens is 2. The van der Waals surface area contributed by atoms with Crippen molar-refractivity contribution >= 4 is 50.2 Å². The second-order valence-corrected chi connectivity index (χ2v) is 8.47. The number of hydrogen-bond donors (Lipinski definition) is 4. The predicted octanol–water partition coefficient (Wildman–Crippen LogP) is 3.70. The zero-order valence-corrected chi connectivity index (χ0v) is 17.4. The van der Waals surface area contributed by atoms with E-state index in [0.717, 1.165) is 49.2 Å². The fraction of sp³-hybridized carbons (Fsp3) is 0.500. The van der Waals surface area contributed by atoms with Crippen LogP contribution in [0.5, 0.6) is 0 Å². The topological polar surface area (TPSA) is 73.9 Å². The Morgan fingerprint density at radius 1 is 1.35 bits per heavy atom. The lowest BCUT2D eigenvalue weighted by Crippen LogP contribution is -2.31. The molecule has 0 amide bonds. The Kier molecular flexibility index (Phi) is 7.93. The third-order valence-electron chi connectivity index (χ3n) is 4.04.